The second kappa shape index (κ2) is 6.52. The fourth-order valence-electron chi connectivity index (χ4n) is 4.02. The highest BCUT2D eigenvalue weighted by molar-refractivity contribution is 5.93. The van der Waals surface area contributed by atoms with Crippen molar-refractivity contribution in [3.05, 3.63) is 36.0 Å². The average Bonchev–Trinajstić information content (AvgIpc) is 3.30. The molecule has 2 aliphatic heterocycles. The molecule has 25 heavy (non-hydrogen) atoms. The van der Waals surface area contributed by atoms with Gasteiger partial charge >= 0.3 is 0 Å². The van der Waals surface area contributed by atoms with E-state index in [4.69, 9.17) is 4.74 Å². The van der Waals surface area contributed by atoms with Gasteiger partial charge in [-0.05, 0) is 44.0 Å². The average molecular weight is 340 g/mol. The van der Waals surface area contributed by atoms with Crippen molar-refractivity contribution in [3.8, 4) is 17.0 Å². The van der Waals surface area contributed by atoms with E-state index >= 15 is 0 Å². The molecule has 2 fully saturated rings. The number of aromatic nitrogens is 2. The van der Waals surface area contributed by atoms with Crippen LogP contribution in [0.4, 0.5) is 0 Å². The third-order valence-electron chi connectivity index (χ3n) is 5.46. The molecule has 0 saturated carbocycles. The summed E-state index contributed by atoms with van der Waals surface area (Å²) in [5.41, 5.74) is 2.52. The van der Waals surface area contributed by atoms with Crippen LogP contribution in [0.3, 0.4) is 0 Å². The number of carbonyl (C=O) groups excluding carboxylic acids is 1. The van der Waals surface area contributed by atoms with Gasteiger partial charge in [-0.3, -0.25) is 9.89 Å². The zero-order valence-corrected chi connectivity index (χ0v) is 14.5. The number of methoxy groups -OCH3 is 1. The molecule has 0 radical (unpaired) electrons. The third-order valence-corrected chi connectivity index (χ3v) is 5.46. The number of ether oxygens (including phenoxy) is 1. The molecule has 1 atom stereocenters. The summed E-state index contributed by atoms with van der Waals surface area (Å²) in [5.74, 6) is 0.823. The Morgan fingerprint density at radius 1 is 1.32 bits per heavy atom. The normalized spacial score (nSPS) is 23.2. The van der Waals surface area contributed by atoms with Gasteiger partial charge in [0.1, 0.15) is 11.4 Å². The first kappa shape index (κ1) is 16.1. The first-order valence-electron chi connectivity index (χ1n) is 8.89. The van der Waals surface area contributed by atoms with Crippen LogP contribution in [0.1, 0.15) is 29.8 Å². The maximum Gasteiger partial charge on any atom is 0.271 e. The molecule has 0 bridgehead atoms. The van der Waals surface area contributed by atoms with E-state index < -0.39 is 0 Å². The molecular formula is C19H24N4O2. The highest BCUT2D eigenvalue weighted by Crippen LogP contribution is 2.37. The van der Waals surface area contributed by atoms with Crippen LogP contribution in [-0.4, -0.2) is 54.3 Å². The predicted molar refractivity (Wildman–Crippen MR) is 95.6 cm³/mol. The Kier molecular flexibility index (Phi) is 4.21. The van der Waals surface area contributed by atoms with Crippen molar-refractivity contribution >= 4 is 5.91 Å². The van der Waals surface area contributed by atoms with Crippen LogP contribution >= 0.6 is 0 Å². The van der Waals surface area contributed by atoms with Crippen molar-refractivity contribution in [3.63, 3.8) is 0 Å². The number of hydrogen-bond acceptors (Lipinski definition) is 4. The molecule has 1 aromatic heterocycles. The number of rotatable bonds is 3. The molecule has 0 unspecified atom stereocenters. The molecular weight excluding hydrogens is 316 g/mol. The minimum absolute atomic E-state index is 0.0455. The summed E-state index contributed by atoms with van der Waals surface area (Å²) in [4.78, 5) is 14.8. The number of hydrogen-bond donors (Lipinski definition) is 2. The van der Waals surface area contributed by atoms with Crippen molar-refractivity contribution in [1.82, 2.24) is 20.4 Å². The van der Waals surface area contributed by atoms with E-state index in [-0.39, 0.29) is 11.3 Å². The second-order valence-electron chi connectivity index (χ2n) is 7.16. The zero-order chi connectivity index (χ0) is 17.3. The van der Waals surface area contributed by atoms with Gasteiger partial charge in [0.15, 0.2) is 0 Å². The van der Waals surface area contributed by atoms with Crippen LogP contribution in [0.25, 0.3) is 11.3 Å². The number of carbonyl (C=O) groups is 1. The number of benzene rings is 1. The molecule has 2 aromatic rings. The molecule has 4 rings (SSSR count). The molecule has 2 aliphatic rings. The first-order valence-corrected chi connectivity index (χ1v) is 8.89. The fourth-order valence-corrected chi connectivity index (χ4v) is 4.02. The van der Waals surface area contributed by atoms with E-state index in [0.29, 0.717) is 5.69 Å². The largest absolute Gasteiger partial charge is 0.497 e. The van der Waals surface area contributed by atoms with Crippen molar-refractivity contribution in [1.29, 1.82) is 0 Å². The quantitative estimate of drug-likeness (QED) is 0.899. The molecule has 132 valence electrons. The number of nitrogens with zero attached hydrogens (tertiary/aromatic N) is 2. The Bertz CT molecular complexity index is 764. The highest BCUT2D eigenvalue weighted by atomic mass is 16.5. The van der Waals surface area contributed by atoms with Gasteiger partial charge < -0.3 is 15.0 Å². The number of H-pyrrole nitrogens is 1. The molecule has 6 nitrogen and oxygen atoms in total. The van der Waals surface area contributed by atoms with Gasteiger partial charge in [-0.2, -0.15) is 5.10 Å². The lowest BCUT2D eigenvalue weighted by atomic mass is 9.80. The topological polar surface area (TPSA) is 70.2 Å². The van der Waals surface area contributed by atoms with Crippen LogP contribution in [-0.2, 0) is 0 Å². The minimum atomic E-state index is 0.0455. The van der Waals surface area contributed by atoms with Gasteiger partial charge in [0.25, 0.3) is 5.91 Å². The van der Waals surface area contributed by atoms with Gasteiger partial charge in [0.05, 0.1) is 12.8 Å². The van der Waals surface area contributed by atoms with Crippen molar-refractivity contribution in [2.24, 2.45) is 5.41 Å². The Morgan fingerprint density at radius 2 is 2.24 bits per heavy atom. The Labute approximate surface area is 147 Å². The van der Waals surface area contributed by atoms with Crippen LogP contribution in [0.5, 0.6) is 5.75 Å². The van der Waals surface area contributed by atoms with Crippen molar-refractivity contribution in [2.75, 3.05) is 33.3 Å². The molecule has 0 aliphatic carbocycles. The van der Waals surface area contributed by atoms with Gasteiger partial charge in [0, 0.05) is 30.6 Å². The number of nitrogens with one attached hydrogen (secondary N) is 2. The number of likely N-dealkylation sites (tertiary alicyclic amines) is 1. The summed E-state index contributed by atoms with van der Waals surface area (Å²) in [5, 5.41) is 10.7. The molecule has 1 aromatic carbocycles. The van der Waals surface area contributed by atoms with E-state index in [1.54, 1.807) is 7.11 Å². The summed E-state index contributed by atoms with van der Waals surface area (Å²) in [6, 6.07) is 9.53. The SMILES string of the molecule is COc1cccc(-c2cc(C(=O)N3CC[C@]4(CCCNC4)C3)[nH]n2)c1. The Balaban J connectivity index is 1.49. The molecule has 1 amide bonds. The molecule has 3 heterocycles. The maximum absolute atomic E-state index is 12.9. The standard InChI is InChI=1S/C19H24N4O2/c1-25-15-5-2-4-14(10-15)16-11-17(22-21-16)18(24)23-9-7-19(13-23)6-3-8-20-12-19/h2,4-5,10-11,20H,3,6-9,12-13H2,1H3,(H,21,22)/t19-/m0/s1. The highest BCUT2D eigenvalue weighted by Gasteiger charge is 2.41. The fraction of sp³-hybridized carbons (Fsp3) is 0.474. The smallest absolute Gasteiger partial charge is 0.271 e. The molecule has 6 heteroatoms. The van der Waals surface area contributed by atoms with Crippen LogP contribution < -0.4 is 10.1 Å². The van der Waals surface area contributed by atoms with E-state index in [1.807, 2.05) is 35.2 Å². The lowest BCUT2D eigenvalue weighted by Crippen LogP contribution is -2.42. The summed E-state index contributed by atoms with van der Waals surface area (Å²) in [6.07, 6.45) is 3.50. The summed E-state index contributed by atoms with van der Waals surface area (Å²) >= 11 is 0. The van der Waals surface area contributed by atoms with E-state index in [1.165, 1.54) is 12.8 Å². The Hall–Kier alpha value is -2.34. The number of amides is 1. The van der Waals surface area contributed by atoms with Crippen molar-refractivity contribution < 1.29 is 9.53 Å². The summed E-state index contributed by atoms with van der Waals surface area (Å²) in [6.45, 7) is 3.79. The lowest BCUT2D eigenvalue weighted by molar-refractivity contribution is 0.0758. The predicted octanol–water partition coefficient (Wildman–Crippen LogP) is 2.30. The summed E-state index contributed by atoms with van der Waals surface area (Å²) in [7, 11) is 1.64. The monoisotopic (exact) mass is 340 g/mol. The van der Waals surface area contributed by atoms with Crippen molar-refractivity contribution in [2.45, 2.75) is 19.3 Å². The zero-order valence-electron chi connectivity index (χ0n) is 14.5. The number of aromatic amines is 1. The third kappa shape index (κ3) is 3.14. The summed E-state index contributed by atoms with van der Waals surface area (Å²) < 4.78 is 5.26. The lowest BCUT2D eigenvalue weighted by Gasteiger charge is -2.33. The van der Waals surface area contributed by atoms with Gasteiger partial charge in [0.2, 0.25) is 0 Å². The van der Waals surface area contributed by atoms with Crippen LogP contribution in [0.15, 0.2) is 30.3 Å². The van der Waals surface area contributed by atoms with Gasteiger partial charge in [-0.1, -0.05) is 12.1 Å². The Morgan fingerprint density at radius 3 is 3.04 bits per heavy atom. The maximum atomic E-state index is 12.9. The first-order chi connectivity index (χ1) is 12.2. The molecule has 2 saturated heterocycles. The second-order valence-corrected chi connectivity index (χ2v) is 7.16. The molecule has 1 spiro atoms. The van der Waals surface area contributed by atoms with Crippen LogP contribution in [0.2, 0.25) is 0 Å². The van der Waals surface area contributed by atoms with Gasteiger partial charge in [-0.25, -0.2) is 0 Å². The minimum Gasteiger partial charge on any atom is -0.497 e. The van der Waals surface area contributed by atoms with E-state index in [2.05, 4.69) is 15.5 Å². The van der Waals surface area contributed by atoms with E-state index in [0.717, 1.165) is 49.6 Å². The van der Waals surface area contributed by atoms with E-state index in [9.17, 15) is 4.79 Å². The van der Waals surface area contributed by atoms with Gasteiger partial charge in [-0.15, -0.1) is 0 Å². The number of piperidine rings is 1. The molecule has 2 N–H and O–H groups in total. The van der Waals surface area contributed by atoms with Crippen LogP contribution in [0, 0.1) is 5.41 Å².